The van der Waals surface area contributed by atoms with E-state index in [0.717, 1.165) is 31.9 Å². The summed E-state index contributed by atoms with van der Waals surface area (Å²) < 4.78 is 15.2. The number of hydrogen-bond donors (Lipinski definition) is 4. The largest absolute Gasteiger partial charge is 0.366 e. The van der Waals surface area contributed by atoms with Crippen LogP contribution in [-0.4, -0.2) is 43.5 Å². The smallest absolute Gasteiger partial charge is 0.276 e. The van der Waals surface area contributed by atoms with Gasteiger partial charge in [-0.1, -0.05) is 0 Å². The summed E-state index contributed by atoms with van der Waals surface area (Å²) in [5.41, 5.74) is 6.77. The first-order valence-electron chi connectivity index (χ1n) is 10.00. The average molecular weight is 426 g/mol. The fourth-order valence-electron chi connectivity index (χ4n) is 3.61. The lowest BCUT2D eigenvalue weighted by atomic mass is 9.92. The fourth-order valence-corrected chi connectivity index (χ4v) is 3.61. The summed E-state index contributed by atoms with van der Waals surface area (Å²) in [5, 5.41) is 13.1. The van der Waals surface area contributed by atoms with E-state index in [-0.39, 0.29) is 29.4 Å². The van der Waals surface area contributed by atoms with Crippen molar-refractivity contribution in [2.75, 3.05) is 16.0 Å². The summed E-state index contributed by atoms with van der Waals surface area (Å²) in [6, 6.07) is 3.43. The van der Waals surface area contributed by atoms with Crippen LogP contribution in [0.2, 0.25) is 0 Å². The van der Waals surface area contributed by atoms with Crippen molar-refractivity contribution in [3.8, 4) is 0 Å². The first-order chi connectivity index (χ1) is 14.9. The van der Waals surface area contributed by atoms with E-state index in [1.165, 1.54) is 29.9 Å². The number of imidazole rings is 1. The van der Waals surface area contributed by atoms with Crippen molar-refractivity contribution in [2.45, 2.75) is 44.7 Å². The van der Waals surface area contributed by atoms with Gasteiger partial charge in [-0.2, -0.15) is 0 Å². The molecule has 3 aromatic rings. The maximum Gasteiger partial charge on any atom is 0.276 e. The number of nitrogens with two attached hydrogens (primary N) is 1. The number of anilines is 3. The van der Waals surface area contributed by atoms with Crippen LogP contribution >= 0.6 is 0 Å². The van der Waals surface area contributed by atoms with Crippen LogP contribution in [0.3, 0.4) is 0 Å². The summed E-state index contributed by atoms with van der Waals surface area (Å²) in [6.45, 7) is 1.38. The highest BCUT2D eigenvalue weighted by Gasteiger charge is 2.22. The van der Waals surface area contributed by atoms with Gasteiger partial charge in [0.1, 0.15) is 5.82 Å². The number of amides is 2. The maximum absolute atomic E-state index is 13.9. The molecule has 2 amide bonds. The van der Waals surface area contributed by atoms with E-state index < -0.39 is 11.7 Å². The number of aromatic nitrogens is 4. The van der Waals surface area contributed by atoms with Gasteiger partial charge in [0.2, 0.25) is 5.91 Å². The van der Waals surface area contributed by atoms with Crippen LogP contribution in [0.4, 0.5) is 21.6 Å². The van der Waals surface area contributed by atoms with Crippen molar-refractivity contribution < 1.29 is 14.0 Å². The summed E-state index contributed by atoms with van der Waals surface area (Å²) in [6.07, 6.45) is 7.33. The molecule has 1 aliphatic rings. The number of halogens is 1. The number of carbonyl (C=O) groups excluding carboxylic acids is 2. The Bertz CT molecular complexity index is 1120. The zero-order valence-corrected chi connectivity index (χ0v) is 16.9. The second-order valence-electron chi connectivity index (χ2n) is 7.57. The second kappa shape index (κ2) is 8.64. The molecule has 5 N–H and O–H groups in total. The Balaban J connectivity index is 1.67. The Hall–Kier alpha value is -3.60. The summed E-state index contributed by atoms with van der Waals surface area (Å²) in [7, 11) is 0. The molecular formula is C20H23FN8O2. The molecule has 10 nitrogen and oxygen atoms in total. The van der Waals surface area contributed by atoms with Crippen LogP contribution in [0.5, 0.6) is 0 Å². The zero-order valence-electron chi connectivity index (χ0n) is 16.9. The molecule has 0 aromatic carbocycles. The topological polar surface area (TPSA) is 139 Å². The Morgan fingerprint density at radius 3 is 2.65 bits per heavy atom. The van der Waals surface area contributed by atoms with Crippen LogP contribution in [0.25, 0.3) is 5.65 Å². The molecule has 0 spiro atoms. The molecule has 11 heteroatoms. The van der Waals surface area contributed by atoms with Gasteiger partial charge in [-0.15, -0.1) is 5.10 Å². The van der Waals surface area contributed by atoms with Crippen LogP contribution in [0.15, 0.2) is 30.7 Å². The van der Waals surface area contributed by atoms with Gasteiger partial charge in [0, 0.05) is 31.3 Å². The lowest BCUT2D eigenvalue weighted by molar-refractivity contribution is -0.114. The van der Waals surface area contributed by atoms with Gasteiger partial charge >= 0.3 is 0 Å². The number of pyridine rings is 1. The highest BCUT2D eigenvalue weighted by atomic mass is 19.1. The number of nitrogens with one attached hydrogen (secondary N) is 3. The van der Waals surface area contributed by atoms with Crippen molar-refractivity contribution in [1.29, 1.82) is 0 Å². The van der Waals surface area contributed by atoms with E-state index in [1.807, 2.05) is 0 Å². The summed E-state index contributed by atoms with van der Waals surface area (Å²) in [5.74, 6) is -1.05. The molecule has 0 bridgehead atoms. The molecule has 31 heavy (non-hydrogen) atoms. The molecule has 3 aromatic heterocycles. The normalized spacial score (nSPS) is 18.5. The number of nitrogens with zero attached hydrogens (tertiary/aromatic N) is 4. The number of rotatable bonds is 5. The molecule has 1 aliphatic carbocycles. The SMILES string of the molecule is CC(=O)Nc1cc(NC2CCC(N)CC2)nn2c(C(=O)Nc3ccncc3F)cnc12. The first-order valence-corrected chi connectivity index (χ1v) is 10.00. The van der Waals surface area contributed by atoms with Gasteiger partial charge in [-0.3, -0.25) is 14.6 Å². The minimum Gasteiger partial charge on any atom is -0.366 e. The van der Waals surface area contributed by atoms with E-state index in [9.17, 15) is 14.0 Å². The van der Waals surface area contributed by atoms with Gasteiger partial charge < -0.3 is 21.7 Å². The van der Waals surface area contributed by atoms with Gasteiger partial charge in [0.15, 0.2) is 17.2 Å². The molecule has 4 rings (SSSR count). The van der Waals surface area contributed by atoms with Crippen LogP contribution in [-0.2, 0) is 4.79 Å². The van der Waals surface area contributed by atoms with Crippen molar-refractivity contribution in [1.82, 2.24) is 19.6 Å². The third kappa shape index (κ3) is 4.61. The summed E-state index contributed by atoms with van der Waals surface area (Å²) in [4.78, 5) is 32.4. The zero-order chi connectivity index (χ0) is 22.0. The van der Waals surface area contributed by atoms with E-state index in [1.54, 1.807) is 6.07 Å². The van der Waals surface area contributed by atoms with Crippen LogP contribution in [0.1, 0.15) is 43.1 Å². The van der Waals surface area contributed by atoms with Gasteiger partial charge in [0.05, 0.1) is 23.8 Å². The number of fused-ring (bicyclic) bond motifs is 1. The third-order valence-corrected chi connectivity index (χ3v) is 5.16. The monoisotopic (exact) mass is 426 g/mol. The minimum atomic E-state index is -0.658. The molecule has 0 saturated heterocycles. The highest BCUT2D eigenvalue weighted by Crippen LogP contribution is 2.25. The molecule has 0 atom stereocenters. The molecule has 3 heterocycles. The van der Waals surface area contributed by atoms with Crippen molar-refractivity contribution >= 4 is 34.7 Å². The standard InChI is InChI=1S/C20H23FN8O2/c1-11(30)25-16-8-18(26-13-4-2-12(22)3-5-13)28-29-17(10-24-19(16)29)20(31)27-15-6-7-23-9-14(15)21/h6-10,12-13H,2-5,22H2,1H3,(H,25,30)(H,26,28)(H,23,27,31). The first kappa shape index (κ1) is 20.7. The number of carbonyl (C=O) groups is 2. The maximum atomic E-state index is 13.9. The molecular weight excluding hydrogens is 403 g/mol. The highest BCUT2D eigenvalue weighted by molar-refractivity contribution is 6.04. The van der Waals surface area contributed by atoms with Gasteiger partial charge in [-0.05, 0) is 31.7 Å². The second-order valence-corrected chi connectivity index (χ2v) is 7.57. The Morgan fingerprint density at radius 2 is 1.94 bits per heavy atom. The van der Waals surface area contributed by atoms with E-state index in [2.05, 4.69) is 31.0 Å². The Morgan fingerprint density at radius 1 is 1.16 bits per heavy atom. The average Bonchev–Trinajstić information content (AvgIpc) is 3.15. The predicted molar refractivity (Wildman–Crippen MR) is 113 cm³/mol. The van der Waals surface area contributed by atoms with Crippen molar-refractivity contribution in [2.24, 2.45) is 5.73 Å². The molecule has 0 aliphatic heterocycles. The molecule has 1 saturated carbocycles. The predicted octanol–water partition coefficient (Wildman–Crippen LogP) is 2.16. The van der Waals surface area contributed by atoms with Crippen molar-refractivity contribution in [3.05, 3.63) is 42.2 Å². The van der Waals surface area contributed by atoms with Crippen LogP contribution < -0.4 is 21.7 Å². The quantitative estimate of drug-likeness (QED) is 0.490. The minimum absolute atomic E-state index is 0.00939. The number of hydrogen-bond acceptors (Lipinski definition) is 7. The van der Waals surface area contributed by atoms with Crippen molar-refractivity contribution in [3.63, 3.8) is 0 Å². The molecule has 1 fully saturated rings. The van der Waals surface area contributed by atoms with E-state index in [0.29, 0.717) is 17.2 Å². The Kier molecular flexibility index (Phi) is 5.76. The van der Waals surface area contributed by atoms with E-state index in [4.69, 9.17) is 5.73 Å². The Labute approximate surface area is 177 Å². The third-order valence-electron chi connectivity index (χ3n) is 5.16. The van der Waals surface area contributed by atoms with Gasteiger partial charge in [-0.25, -0.2) is 13.9 Å². The lowest BCUT2D eigenvalue weighted by Gasteiger charge is -2.27. The van der Waals surface area contributed by atoms with Gasteiger partial charge in [0.25, 0.3) is 5.91 Å². The van der Waals surface area contributed by atoms with E-state index >= 15 is 0 Å². The molecule has 0 radical (unpaired) electrons. The lowest BCUT2D eigenvalue weighted by Crippen LogP contribution is -2.33. The molecule has 162 valence electrons. The van der Waals surface area contributed by atoms with Crippen LogP contribution in [0, 0.1) is 5.82 Å². The molecule has 0 unspecified atom stereocenters. The fraction of sp³-hybridized carbons (Fsp3) is 0.350. The summed E-state index contributed by atoms with van der Waals surface area (Å²) >= 11 is 0.